The van der Waals surface area contributed by atoms with Crippen LogP contribution in [0.4, 0.5) is 0 Å². The molecule has 1 aliphatic heterocycles. The summed E-state index contributed by atoms with van der Waals surface area (Å²) in [6.45, 7) is 25.6. The number of nitrogens with zero attached hydrogens (tertiary/aromatic N) is 1. The maximum atomic E-state index is 14.7. The monoisotopic (exact) mass is 848 g/mol. The van der Waals surface area contributed by atoms with Gasteiger partial charge in [0.2, 0.25) is 5.91 Å². The molecular formula is C53H77N5O4. The molecule has 2 aromatic rings. The molecule has 8 rings (SSSR count). The van der Waals surface area contributed by atoms with Gasteiger partial charge in [-0.1, -0.05) is 71.0 Å². The Morgan fingerprint density at radius 2 is 1.50 bits per heavy atom. The summed E-state index contributed by atoms with van der Waals surface area (Å²) in [5.41, 5.74) is 4.56. The highest BCUT2D eigenvalue weighted by Crippen LogP contribution is 2.77. The molecule has 6 fully saturated rings. The molecule has 5 N–H and O–H groups in total. The molecule has 5 aliphatic carbocycles. The first-order valence-electron chi connectivity index (χ1n) is 24.3. The average Bonchev–Trinajstić information content (AvgIpc) is 3.67. The summed E-state index contributed by atoms with van der Waals surface area (Å²) in [4.78, 5) is 43.1. The van der Waals surface area contributed by atoms with E-state index in [9.17, 15) is 19.5 Å². The zero-order valence-corrected chi connectivity index (χ0v) is 38.8. The molecule has 0 radical (unpaired) electrons. The molecule has 338 valence electrons. The summed E-state index contributed by atoms with van der Waals surface area (Å²) in [5, 5.41) is 24.0. The number of allylic oxidation sites excluding steroid dienone is 1. The number of rotatable bonds is 12. The molecule has 6 aliphatic rings. The van der Waals surface area contributed by atoms with E-state index in [2.05, 4.69) is 74.3 Å². The molecule has 0 bridgehead atoms. The summed E-state index contributed by atoms with van der Waals surface area (Å²) >= 11 is 0. The van der Waals surface area contributed by atoms with E-state index in [1.54, 1.807) is 0 Å². The Hall–Kier alpha value is -3.53. The number of carbonyl (C=O) groups excluding carboxylic acids is 3. The number of fused-ring (bicyclic) bond motifs is 7. The van der Waals surface area contributed by atoms with Crippen molar-refractivity contribution in [1.82, 2.24) is 26.2 Å². The van der Waals surface area contributed by atoms with Gasteiger partial charge in [-0.25, -0.2) is 0 Å². The van der Waals surface area contributed by atoms with E-state index >= 15 is 0 Å². The molecule has 0 aromatic heterocycles. The van der Waals surface area contributed by atoms with Crippen molar-refractivity contribution in [3.63, 3.8) is 0 Å². The van der Waals surface area contributed by atoms with Crippen LogP contribution in [-0.4, -0.2) is 79.6 Å². The summed E-state index contributed by atoms with van der Waals surface area (Å²) in [6, 6.07) is 15.2. The van der Waals surface area contributed by atoms with E-state index in [0.29, 0.717) is 66.8 Å². The van der Waals surface area contributed by atoms with Crippen LogP contribution in [-0.2, 0) is 17.8 Å². The number of nitrogens with one attached hydrogen (secondary N) is 4. The molecule has 3 amide bonds. The molecule has 1 saturated heterocycles. The maximum absolute atomic E-state index is 14.7. The molecule has 1 heterocycles. The second kappa shape index (κ2) is 17.5. The van der Waals surface area contributed by atoms with Gasteiger partial charge in [-0.15, -0.1) is 0 Å². The Bertz CT molecular complexity index is 1990. The SMILES string of the molecule is C=C(C)[C@@H]1CC[C@]2(C(=O)NCCc3cccc(C(=O)NCc4ccc(C(=O)NCCN5CCNCC5)cc4)c3)CC[C@]3(C)C(CCC4[C@@]5(C)CC[C@H](O)C(C)(C)C5CC[C@]43C)C12. The van der Waals surface area contributed by atoms with Gasteiger partial charge < -0.3 is 26.4 Å². The van der Waals surface area contributed by atoms with Crippen LogP contribution >= 0.6 is 0 Å². The Morgan fingerprint density at radius 3 is 2.24 bits per heavy atom. The minimum atomic E-state index is -0.371. The third-order valence-electron chi connectivity index (χ3n) is 19.0. The highest BCUT2D eigenvalue weighted by molar-refractivity contribution is 5.95. The Labute approximate surface area is 372 Å². The average molecular weight is 848 g/mol. The Balaban J connectivity index is 0.871. The predicted octanol–water partition coefficient (Wildman–Crippen LogP) is 7.93. The maximum Gasteiger partial charge on any atom is 0.251 e. The van der Waals surface area contributed by atoms with Crippen molar-refractivity contribution >= 4 is 17.7 Å². The molecule has 62 heavy (non-hydrogen) atoms. The molecule has 9 nitrogen and oxygen atoms in total. The highest BCUT2D eigenvalue weighted by Gasteiger charge is 2.71. The topological polar surface area (TPSA) is 123 Å². The second-order valence-corrected chi connectivity index (χ2v) is 22.2. The largest absolute Gasteiger partial charge is 0.393 e. The number of hydrogen-bond acceptors (Lipinski definition) is 6. The Kier molecular flexibility index (Phi) is 12.7. The van der Waals surface area contributed by atoms with Gasteiger partial charge in [0.1, 0.15) is 0 Å². The predicted molar refractivity (Wildman–Crippen MR) is 247 cm³/mol. The minimum absolute atomic E-state index is 0.0586. The van der Waals surface area contributed by atoms with Crippen LogP contribution in [0.1, 0.15) is 138 Å². The molecule has 0 spiro atoms. The van der Waals surface area contributed by atoms with Crippen molar-refractivity contribution in [2.45, 2.75) is 125 Å². The number of piperazine rings is 1. The molecule has 4 unspecified atom stereocenters. The number of benzene rings is 2. The summed E-state index contributed by atoms with van der Waals surface area (Å²) in [7, 11) is 0. The number of aliphatic hydroxyl groups excluding tert-OH is 1. The van der Waals surface area contributed by atoms with Gasteiger partial charge in [0.15, 0.2) is 0 Å². The van der Waals surface area contributed by atoms with E-state index < -0.39 is 0 Å². The fourth-order valence-electron chi connectivity index (χ4n) is 15.3. The van der Waals surface area contributed by atoms with Gasteiger partial charge in [0, 0.05) is 63.5 Å². The van der Waals surface area contributed by atoms with Crippen LogP contribution in [0.25, 0.3) is 0 Å². The van der Waals surface area contributed by atoms with Crippen molar-refractivity contribution in [2.75, 3.05) is 45.8 Å². The van der Waals surface area contributed by atoms with E-state index in [4.69, 9.17) is 0 Å². The summed E-state index contributed by atoms with van der Waals surface area (Å²) in [5.74, 6) is 2.33. The molecule has 5 saturated carbocycles. The van der Waals surface area contributed by atoms with Gasteiger partial charge >= 0.3 is 0 Å². The minimum Gasteiger partial charge on any atom is -0.393 e. The first kappa shape index (κ1) is 45.1. The molecule has 10 atom stereocenters. The number of carbonyl (C=O) groups is 3. The molecule has 2 aromatic carbocycles. The van der Waals surface area contributed by atoms with Gasteiger partial charge in [0.25, 0.3) is 11.8 Å². The lowest BCUT2D eigenvalue weighted by Gasteiger charge is -2.72. The van der Waals surface area contributed by atoms with Crippen LogP contribution in [0.2, 0.25) is 0 Å². The lowest BCUT2D eigenvalue weighted by molar-refractivity contribution is -0.246. The van der Waals surface area contributed by atoms with E-state index in [0.717, 1.165) is 82.4 Å². The van der Waals surface area contributed by atoms with Crippen molar-refractivity contribution in [3.8, 4) is 0 Å². The second-order valence-electron chi connectivity index (χ2n) is 22.2. The standard InChI is InChI=1S/C53H77N5O4/c1-35(2)40-17-23-53(25-24-51(6)41(45(40)53)15-16-43-50(5)21-19-44(59)49(3,4)42(50)18-22-52(43,51)7)48(62)56-26-20-36-9-8-10-39(33-36)47(61)57-34-37-11-13-38(14-12-37)46(60)55-29-32-58-30-27-54-28-31-58/h8-14,33,40-45,54,59H,1,15-32,34H2,2-7H3,(H,55,60)(H,56,62)(H,57,61)/t40-,41?,42?,43?,44-,45?,50-,51+,52+,53-/m0/s1. The quantitative estimate of drug-likeness (QED) is 0.139. The third-order valence-corrected chi connectivity index (χ3v) is 19.0. The van der Waals surface area contributed by atoms with Crippen LogP contribution in [0.5, 0.6) is 0 Å². The lowest BCUT2D eigenvalue weighted by Crippen LogP contribution is -2.67. The van der Waals surface area contributed by atoms with Crippen LogP contribution in [0.3, 0.4) is 0 Å². The van der Waals surface area contributed by atoms with Crippen molar-refractivity contribution in [1.29, 1.82) is 0 Å². The molecular weight excluding hydrogens is 771 g/mol. The van der Waals surface area contributed by atoms with Crippen molar-refractivity contribution in [2.24, 2.45) is 56.7 Å². The number of hydrogen-bond donors (Lipinski definition) is 5. The van der Waals surface area contributed by atoms with E-state index in [-0.39, 0.29) is 50.9 Å². The van der Waals surface area contributed by atoms with Gasteiger partial charge in [-0.3, -0.25) is 19.3 Å². The third kappa shape index (κ3) is 7.88. The zero-order valence-electron chi connectivity index (χ0n) is 38.8. The number of amides is 3. The van der Waals surface area contributed by atoms with Crippen molar-refractivity contribution < 1.29 is 19.5 Å². The van der Waals surface area contributed by atoms with Crippen molar-refractivity contribution in [3.05, 3.63) is 82.9 Å². The first-order chi connectivity index (χ1) is 29.5. The van der Waals surface area contributed by atoms with E-state index in [1.807, 2.05) is 48.5 Å². The van der Waals surface area contributed by atoms with Crippen LogP contribution < -0.4 is 21.3 Å². The Morgan fingerprint density at radius 1 is 0.758 bits per heavy atom. The smallest absolute Gasteiger partial charge is 0.251 e. The van der Waals surface area contributed by atoms with Crippen LogP contribution in [0, 0.1) is 56.7 Å². The number of aliphatic hydroxyl groups is 1. The zero-order chi connectivity index (χ0) is 44.1. The fourth-order valence-corrected chi connectivity index (χ4v) is 15.3. The van der Waals surface area contributed by atoms with Gasteiger partial charge in [-0.2, -0.15) is 0 Å². The highest BCUT2D eigenvalue weighted by atomic mass is 16.3. The normalized spacial score (nSPS) is 36.2. The van der Waals surface area contributed by atoms with Gasteiger partial charge in [0.05, 0.1) is 11.5 Å². The van der Waals surface area contributed by atoms with Crippen LogP contribution in [0.15, 0.2) is 60.7 Å². The fraction of sp³-hybridized carbons (Fsp3) is 0.679. The first-order valence-corrected chi connectivity index (χ1v) is 24.3. The summed E-state index contributed by atoms with van der Waals surface area (Å²) in [6.07, 6.45) is 11.3. The van der Waals surface area contributed by atoms with Gasteiger partial charge in [-0.05, 0) is 164 Å². The molecule has 9 heteroatoms. The lowest BCUT2D eigenvalue weighted by atomic mass is 9.32. The summed E-state index contributed by atoms with van der Waals surface area (Å²) < 4.78 is 0. The van der Waals surface area contributed by atoms with E-state index in [1.165, 1.54) is 31.3 Å².